The molecule has 1 rings (SSSR count). The Bertz CT molecular complexity index is 527. The maximum atomic E-state index is 11.9. The molecule has 0 aromatic carbocycles. The molecule has 112 valence electrons. The number of amides is 1. The maximum Gasteiger partial charge on any atom is 0.319 e. The monoisotopic (exact) mass is 301 g/mol. The lowest BCUT2D eigenvalue weighted by Crippen LogP contribution is -2.45. The normalized spacial score (nSPS) is 13.8. The summed E-state index contributed by atoms with van der Waals surface area (Å²) in [6.07, 6.45) is 0.657. The van der Waals surface area contributed by atoms with E-state index in [1.54, 1.807) is 4.68 Å². The first-order valence-corrected chi connectivity index (χ1v) is 6.89. The second-order valence-electron chi connectivity index (χ2n) is 4.77. The highest BCUT2D eigenvalue weighted by molar-refractivity contribution is 6.32. The van der Waals surface area contributed by atoms with E-state index >= 15 is 0 Å². The van der Waals surface area contributed by atoms with Crippen LogP contribution in [0.3, 0.4) is 0 Å². The molecule has 6 nitrogen and oxygen atoms in total. The van der Waals surface area contributed by atoms with Crippen molar-refractivity contribution < 1.29 is 14.7 Å². The number of hydrogen-bond acceptors (Lipinski definition) is 3. The van der Waals surface area contributed by atoms with Crippen LogP contribution >= 0.6 is 11.6 Å². The molecule has 1 heterocycles. The Kier molecular flexibility index (Phi) is 5.16. The van der Waals surface area contributed by atoms with Gasteiger partial charge in [0.2, 0.25) is 5.91 Å². The van der Waals surface area contributed by atoms with Gasteiger partial charge in [-0.25, -0.2) is 0 Å². The summed E-state index contributed by atoms with van der Waals surface area (Å²) in [7, 11) is 1.42. The van der Waals surface area contributed by atoms with Crippen LogP contribution in [0.15, 0.2) is 0 Å². The molecule has 7 heteroatoms. The fourth-order valence-electron chi connectivity index (χ4n) is 2.05. The first-order valence-electron chi connectivity index (χ1n) is 6.51. The molecule has 2 N–H and O–H groups in total. The topological polar surface area (TPSA) is 84.2 Å². The molecular formula is C13H20ClN3O3. The highest BCUT2D eigenvalue weighted by atomic mass is 35.5. The molecule has 1 amide bonds. The van der Waals surface area contributed by atoms with E-state index in [1.165, 1.54) is 14.0 Å². The molecule has 0 aliphatic carbocycles. The van der Waals surface area contributed by atoms with Crippen molar-refractivity contribution in [2.24, 2.45) is 5.41 Å². The maximum absolute atomic E-state index is 11.9. The zero-order valence-electron chi connectivity index (χ0n) is 12.2. The smallest absolute Gasteiger partial charge is 0.319 e. The molecule has 20 heavy (non-hydrogen) atoms. The lowest BCUT2D eigenvalue weighted by molar-refractivity contribution is -0.154. The first kappa shape index (κ1) is 16.5. The summed E-state index contributed by atoms with van der Waals surface area (Å²) in [6, 6.07) is 0. The Hall–Kier alpha value is -1.56. The molecule has 0 bridgehead atoms. The van der Waals surface area contributed by atoms with E-state index in [0.29, 0.717) is 29.4 Å². The third kappa shape index (κ3) is 2.80. The van der Waals surface area contributed by atoms with Crippen molar-refractivity contribution in [3.8, 4) is 0 Å². The lowest BCUT2D eigenvalue weighted by Gasteiger charge is -2.23. The Labute approximate surface area is 123 Å². The van der Waals surface area contributed by atoms with Gasteiger partial charge >= 0.3 is 5.97 Å². The van der Waals surface area contributed by atoms with Crippen molar-refractivity contribution in [3.05, 3.63) is 16.4 Å². The van der Waals surface area contributed by atoms with E-state index in [1.807, 2.05) is 13.8 Å². The number of nitrogens with zero attached hydrogens (tertiary/aromatic N) is 2. The average molecular weight is 302 g/mol. The number of aromatic nitrogens is 2. The number of carboxylic acid groups (broad SMARTS) is 1. The van der Waals surface area contributed by atoms with Gasteiger partial charge < -0.3 is 10.4 Å². The van der Waals surface area contributed by atoms with E-state index in [2.05, 4.69) is 10.4 Å². The summed E-state index contributed by atoms with van der Waals surface area (Å²) in [5, 5.41) is 16.6. The summed E-state index contributed by atoms with van der Waals surface area (Å²) in [5.41, 5.74) is -0.274. The number of carbonyl (C=O) groups excluding carboxylic acids is 1. The predicted molar refractivity (Wildman–Crippen MR) is 75.8 cm³/mol. The standard InChI is InChI=1S/C13H20ClN3O3/c1-5-8-10(14)9(17(6-2)16-8)7-13(3,12(19)20)11(18)15-4/h5-7H2,1-4H3,(H,15,18)(H,19,20). The number of aliphatic carboxylic acids is 1. The van der Waals surface area contributed by atoms with Crippen molar-refractivity contribution in [1.82, 2.24) is 15.1 Å². The Morgan fingerprint density at radius 3 is 2.45 bits per heavy atom. The molecule has 1 unspecified atom stereocenters. The summed E-state index contributed by atoms with van der Waals surface area (Å²) in [5.74, 6) is -1.74. The van der Waals surface area contributed by atoms with Gasteiger partial charge in [-0.2, -0.15) is 5.10 Å². The van der Waals surface area contributed by atoms with Gasteiger partial charge in [-0.1, -0.05) is 18.5 Å². The minimum atomic E-state index is -1.57. The van der Waals surface area contributed by atoms with Crippen molar-refractivity contribution in [3.63, 3.8) is 0 Å². The molecule has 0 saturated heterocycles. The molecule has 0 aliphatic rings. The SMILES string of the molecule is CCc1nn(CC)c(CC(C)(C(=O)O)C(=O)NC)c1Cl. The largest absolute Gasteiger partial charge is 0.480 e. The van der Waals surface area contributed by atoms with Crippen LogP contribution in [0.4, 0.5) is 0 Å². The minimum absolute atomic E-state index is 0.00167. The molecule has 0 spiro atoms. The number of carbonyl (C=O) groups is 2. The fourth-order valence-corrected chi connectivity index (χ4v) is 2.39. The number of rotatable bonds is 6. The van der Waals surface area contributed by atoms with Crippen LogP contribution in [-0.4, -0.2) is 33.8 Å². The molecule has 0 aliphatic heterocycles. The Morgan fingerprint density at radius 2 is 2.05 bits per heavy atom. The van der Waals surface area contributed by atoms with Crippen molar-refractivity contribution in [2.75, 3.05) is 7.05 Å². The molecule has 0 radical (unpaired) electrons. The number of hydrogen-bond donors (Lipinski definition) is 2. The summed E-state index contributed by atoms with van der Waals surface area (Å²) in [4.78, 5) is 23.4. The highest BCUT2D eigenvalue weighted by Crippen LogP contribution is 2.30. The number of nitrogens with one attached hydrogen (secondary N) is 1. The van der Waals surface area contributed by atoms with Gasteiger partial charge in [0, 0.05) is 20.0 Å². The molecule has 1 aromatic heterocycles. The first-order chi connectivity index (χ1) is 9.31. The third-order valence-corrected chi connectivity index (χ3v) is 3.85. The van der Waals surface area contributed by atoms with Crippen LogP contribution in [0, 0.1) is 5.41 Å². The number of aryl methyl sites for hydroxylation is 2. The van der Waals surface area contributed by atoms with E-state index in [4.69, 9.17) is 11.6 Å². The Morgan fingerprint density at radius 1 is 1.45 bits per heavy atom. The molecule has 0 fully saturated rings. The van der Waals surface area contributed by atoms with Gasteiger partial charge in [-0.15, -0.1) is 0 Å². The zero-order valence-corrected chi connectivity index (χ0v) is 12.9. The van der Waals surface area contributed by atoms with Gasteiger partial charge in [0.25, 0.3) is 0 Å². The molecule has 1 atom stereocenters. The summed E-state index contributed by atoms with van der Waals surface area (Å²) < 4.78 is 1.66. The minimum Gasteiger partial charge on any atom is -0.480 e. The highest BCUT2D eigenvalue weighted by Gasteiger charge is 2.42. The van der Waals surface area contributed by atoms with Crippen LogP contribution in [-0.2, 0) is 29.0 Å². The van der Waals surface area contributed by atoms with Crippen molar-refractivity contribution >= 4 is 23.5 Å². The van der Waals surface area contributed by atoms with Gasteiger partial charge in [0.15, 0.2) is 0 Å². The van der Waals surface area contributed by atoms with Crippen LogP contribution in [0.1, 0.15) is 32.2 Å². The predicted octanol–water partition coefficient (Wildman–Crippen LogP) is 1.50. The number of carboxylic acids is 1. The third-order valence-electron chi connectivity index (χ3n) is 3.42. The van der Waals surface area contributed by atoms with Crippen molar-refractivity contribution in [1.29, 1.82) is 0 Å². The van der Waals surface area contributed by atoms with Gasteiger partial charge in [-0.05, 0) is 20.3 Å². The zero-order chi connectivity index (χ0) is 15.5. The molecule has 0 saturated carbocycles. The van der Waals surface area contributed by atoms with Gasteiger partial charge in [0.1, 0.15) is 5.41 Å². The van der Waals surface area contributed by atoms with Crippen molar-refractivity contribution in [2.45, 2.75) is 40.2 Å². The fraction of sp³-hybridized carbons (Fsp3) is 0.615. The van der Waals surface area contributed by atoms with E-state index in [0.717, 1.165) is 0 Å². The van der Waals surface area contributed by atoms with E-state index < -0.39 is 17.3 Å². The van der Waals surface area contributed by atoms with Crippen LogP contribution in [0.25, 0.3) is 0 Å². The van der Waals surface area contributed by atoms with Crippen LogP contribution in [0.5, 0.6) is 0 Å². The summed E-state index contributed by atoms with van der Waals surface area (Å²) >= 11 is 6.26. The molecular weight excluding hydrogens is 282 g/mol. The summed E-state index contributed by atoms with van der Waals surface area (Å²) in [6.45, 7) is 5.78. The lowest BCUT2D eigenvalue weighted by atomic mass is 9.84. The van der Waals surface area contributed by atoms with E-state index in [9.17, 15) is 14.7 Å². The molecule has 1 aromatic rings. The van der Waals surface area contributed by atoms with E-state index in [-0.39, 0.29) is 6.42 Å². The van der Waals surface area contributed by atoms with Crippen LogP contribution < -0.4 is 5.32 Å². The number of halogens is 1. The van der Waals surface area contributed by atoms with Crippen LogP contribution in [0.2, 0.25) is 5.02 Å². The quantitative estimate of drug-likeness (QED) is 0.780. The second kappa shape index (κ2) is 6.26. The second-order valence-corrected chi connectivity index (χ2v) is 5.15. The Balaban J connectivity index is 3.28. The average Bonchev–Trinajstić information content (AvgIpc) is 2.73. The van der Waals surface area contributed by atoms with Gasteiger partial charge in [0.05, 0.1) is 16.4 Å². The van der Waals surface area contributed by atoms with Gasteiger partial charge in [-0.3, -0.25) is 14.3 Å².